The molecule has 2 aromatic heterocycles. The maximum absolute atomic E-state index is 13.9. The fraction of sp³-hybridized carbons (Fsp3) is 0.246. The van der Waals surface area contributed by atoms with Crippen LogP contribution < -0.4 is 39.6 Å². The highest BCUT2D eigenvalue weighted by Crippen LogP contribution is 2.41. The van der Waals surface area contributed by atoms with Crippen LogP contribution in [0.25, 0.3) is 0 Å². The molecule has 4 heterocycles. The van der Waals surface area contributed by atoms with Gasteiger partial charge in [-0.15, -0.1) is 29.3 Å². The van der Waals surface area contributed by atoms with Crippen molar-refractivity contribution >= 4 is 114 Å². The highest BCUT2D eigenvalue weighted by atomic mass is 32.2. The summed E-state index contributed by atoms with van der Waals surface area (Å²) in [6.07, 6.45) is 4.51. The van der Waals surface area contributed by atoms with Crippen molar-refractivity contribution in [3.8, 4) is 0 Å². The van der Waals surface area contributed by atoms with Crippen LogP contribution in [-0.4, -0.2) is 87.1 Å². The lowest BCUT2D eigenvalue weighted by Crippen LogP contribution is -2.68. The van der Waals surface area contributed by atoms with Gasteiger partial charge in [-0.05, 0) is 92.2 Å². The molecule has 81 heavy (non-hydrogen) atoms. The third kappa shape index (κ3) is 12.1. The van der Waals surface area contributed by atoms with Gasteiger partial charge in [0, 0.05) is 47.6 Å². The Morgan fingerprint density at radius 2 is 0.963 bits per heavy atom. The van der Waals surface area contributed by atoms with Gasteiger partial charge >= 0.3 is 0 Å². The van der Waals surface area contributed by atoms with Crippen molar-refractivity contribution in [3.63, 3.8) is 0 Å². The summed E-state index contributed by atoms with van der Waals surface area (Å²) in [7, 11) is -13.4. The van der Waals surface area contributed by atoms with Crippen LogP contribution in [0, 0.1) is 0 Å². The minimum Gasteiger partial charge on any atom is -0.395 e. The topological polar surface area (TPSA) is 168 Å². The van der Waals surface area contributed by atoms with Crippen LogP contribution in [0.2, 0.25) is 10.1 Å². The maximum atomic E-state index is 13.9. The predicted octanol–water partition coefficient (Wildman–Crippen LogP) is 9.83. The SMILES string of the molecule is C=CCN(c1nccs1)S(=O)(=O)c1ccc(N2CC[C@@H](O[Si](c3ccccc3)(c3ccccc3)C(C)(C)C)C2=O)cc1.CC(C)(C)[Si](O[C@@H]1CCN(c2ccc(S(=O)(=O)Nc3nccs3)cc2)C1=O)(c1ccccc1)c1ccccc1. The van der Waals surface area contributed by atoms with E-state index in [4.69, 9.17) is 8.85 Å². The second-order valence-corrected chi connectivity index (χ2v) is 35.5. The second kappa shape index (κ2) is 24.3. The van der Waals surface area contributed by atoms with Crippen molar-refractivity contribution in [2.75, 3.05) is 38.5 Å². The average molecular weight is 1200 g/mol. The van der Waals surface area contributed by atoms with Crippen molar-refractivity contribution in [2.24, 2.45) is 0 Å². The molecule has 6 aromatic carbocycles. The third-order valence-electron chi connectivity index (χ3n) is 14.6. The fourth-order valence-corrected chi connectivity index (χ4v) is 24.1. The fourth-order valence-electron chi connectivity index (χ4n) is 10.8. The minimum atomic E-state index is -3.87. The summed E-state index contributed by atoms with van der Waals surface area (Å²) >= 11 is 2.45. The summed E-state index contributed by atoms with van der Waals surface area (Å²) in [6, 6.07) is 53.9. The molecular weight excluding hydrogens is 1130 g/mol. The summed E-state index contributed by atoms with van der Waals surface area (Å²) < 4.78 is 70.2. The molecule has 2 amide bonds. The third-order valence-corrected chi connectivity index (χ3v) is 29.5. The number of benzene rings is 6. The molecular formula is C61H66N6O8S4Si2. The number of rotatable bonds is 18. The molecule has 14 nitrogen and oxygen atoms in total. The average Bonchev–Trinajstić information content (AvgIpc) is 4.50. The van der Waals surface area contributed by atoms with Crippen LogP contribution in [-0.2, 0) is 38.5 Å². The van der Waals surface area contributed by atoms with E-state index >= 15 is 0 Å². The normalized spacial score (nSPS) is 16.2. The number of sulfonamides is 2. The number of carbonyl (C=O) groups is 2. The molecule has 0 unspecified atom stereocenters. The van der Waals surface area contributed by atoms with Crippen molar-refractivity contribution < 1.29 is 35.3 Å². The number of hydrogen-bond acceptors (Lipinski definition) is 12. The molecule has 0 saturated carbocycles. The molecule has 0 aliphatic carbocycles. The Labute approximate surface area is 486 Å². The van der Waals surface area contributed by atoms with Gasteiger partial charge in [-0.1, -0.05) is 169 Å². The Morgan fingerprint density at radius 3 is 1.31 bits per heavy atom. The number of anilines is 4. The van der Waals surface area contributed by atoms with Gasteiger partial charge in [-0.3, -0.25) is 14.3 Å². The van der Waals surface area contributed by atoms with Crippen molar-refractivity contribution in [2.45, 2.75) is 86.5 Å². The van der Waals surface area contributed by atoms with Gasteiger partial charge in [0.05, 0.1) is 16.3 Å². The number of nitrogens with zero attached hydrogens (tertiary/aromatic N) is 5. The largest absolute Gasteiger partial charge is 0.395 e. The molecule has 0 bridgehead atoms. The number of nitrogens with one attached hydrogen (secondary N) is 1. The van der Waals surface area contributed by atoms with Crippen molar-refractivity contribution in [1.29, 1.82) is 0 Å². The van der Waals surface area contributed by atoms with Gasteiger partial charge in [0.25, 0.3) is 48.5 Å². The number of aromatic nitrogens is 2. The van der Waals surface area contributed by atoms with Gasteiger partial charge in [0.2, 0.25) is 0 Å². The van der Waals surface area contributed by atoms with Gasteiger partial charge in [0.1, 0.15) is 12.2 Å². The molecule has 420 valence electrons. The summed E-state index contributed by atoms with van der Waals surface area (Å²) in [5.74, 6) is -0.228. The molecule has 2 aliphatic rings. The minimum absolute atomic E-state index is 0.101. The molecule has 2 atom stereocenters. The number of amides is 2. The number of carbonyl (C=O) groups excluding carboxylic acids is 2. The Bertz CT molecular complexity index is 3550. The van der Waals surface area contributed by atoms with E-state index in [2.05, 4.69) is 111 Å². The highest BCUT2D eigenvalue weighted by molar-refractivity contribution is 7.93. The van der Waals surface area contributed by atoms with Crippen LogP contribution in [0.4, 0.5) is 21.6 Å². The lowest BCUT2D eigenvalue weighted by Gasteiger charge is -2.44. The van der Waals surface area contributed by atoms with Crippen LogP contribution in [0.15, 0.2) is 215 Å². The number of thiazole rings is 2. The van der Waals surface area contributed by atoms with Crippen LogP contribution >= 0.6 is 22.7 Å². The van der Waals surface area contributed by atoms with Gasteiger partial charge in [0.15, 0.2) is 10.3 Å². The van der Waals surface area contributed by atoms with E-state index in [1.807, 2.05) is 72.8 Å². The number of hydrogen-bond donors (Lipinski definition) is 1. The van der Waals surface area contributed by atoms with E-state index in [-0.39, 0.29) is 38.2 Å². The Balaban J connectivity index is 0.000000196. The molecule has 10 rings (SSSR count). The van der Waals surface area contributed by atoms with E-state index < -0.39 is 48.9 Å². The predicted molar refractivity (Wildman–Crippen MR) is 332 cm³/mol. The zero-order valence-electron chi connectivity index (χ0n) is 46.1. The summed E-state index contributed by atoms with van der Waals surface area (Å²) in [6.45, 7) is 17.9. The van der Waals surface area contributed by atoms with Crippen molar-refractivity contribution in [3.05, 3.63) is 206 Å². The zero-order valence-corrected chi connectivity index (χ0v) is 51.4. The second-order valence-electron chi connectivity index (χ2n) is 21.7. The molecule has 0 radical (unpaired) electrons. The van der Waals surface area contributed by atoms with Gasteiger partial charge in [-0.25, -0.2) is 31.1 Å². The highest BCUT2D eigenvalue weighted by Gasteiger charge is 2.55. The quantitative estimate of drug-likeness (QED) is 0.0645. The molecule has 20 heteroatoms. The lowest BCUT2D eigenvalue weighted by atomic mass is 10.2. The van der Waals surface area contributed by atoms with E-state index in [1.165, 1.54) is 63.5 Å². The maximum Gasteiger partial charge on any atom is 0.266 e. The van der Waals surface area contributed by atoms with Crippen LogP contribution in [0.3, 0.4) is 0 Å². The summed E-state index contributed by atoms with van der Waals surface area (Å²) in [5, 5.41) is 8.09. The smallest absolute Gasteiger partial charge is 0.266 e. The summed E-state index contributed by atoms with van der Waals surface area (Å²) in [5.41, 5.74) is 1.28. The molecule has 2 fully saturated rings. The zero-order chi connectivity index (χ0) is 57.6. The standard InChI is InChI=1S/C32H35N3O4S2Si.C29H31N3O4S2Si/c1-5-22-35(31-33-21-24-40-31)41(37,38)26-18-16-25(17-19-26)34-23-20-29(30(34)36)39-42(32(2,3)4,27-12-8-6-9-13-27)28-14-10-7-11-15-28;1-29(2,3)39(24-10-6-4-7-11-24,25-12-8-5-9-13-25)36-26-18-20-32(27(26)33)22-14-16-23(17-15-22)38(34,35)31-28-30-19-21-37-28/h5-19,21,24,29H,1,20,22-23H2,2-4H3;4-17,19,21,26H,18,20H2,1-3H3,(H,30,31)/t29-;26-/m11/s1. The van der Waals surface area contributed by atoms with E-state index in [1.54, 1.807) is 51.0 Å². The van der Waals surface area contributed by atoms with E-state index in [0.29, 0.717) is 47.6 Å². The molecule has 2 saturated heterocycles. The van der Waals surface area contributed by atoms with Crippen LogP contribution in [0.5, 0.6) is 0 Å². The Morgan fingerprint density at radius 1 is 0.580 bits per heavy atom. The van der Waals surface area contributed by atoms with Crippen molar-refractivity contribution in [1.82, 2.24) is 9.97 Å². The first-order valence-corrected chi connectivity index (χ1v) is 35.1. The monoisotopic (exact) mass is 1190 g/mol. The summed E-state index contributed by atoms with van der Waals surface area (Å²) in [4.78, 5) is 39.4. The molecule has 8 aromatic rings. The van der Waals surface area contributed by atoms with E-state index in [0.717, 1.165) is 20.7 Å². The Kier molecular flexibility index (Phi) is 17.6. The van der Waals surface area contributed by atoms with E-state index in [9.17, 15) is 26.4 Å². The first kappa shape index (κ1) is 58.8. The van der Waals surface area contributed by atoms with Gasteiger partial charge in [-0.2, -0.15) is 0 Å². The van der Waals surface area contributed by atoms with Gasteiger partial charge < -0.3 is 18.7 Å². The Hall–Kier alpha value is -6.89. The molecule has 1 N–H and O–H groups in total. The van der Waals surface area contributed by atoms with Crippen LogP contribution in [0.1, 0.15) is 54.4 Å². The first-order valence-electron chi connectivity index (χ1n) is 26.6. The molecule has 0 spiro atoms. The first-order chi connectivity index (χ1) is 38.7. The lowest BCUT2D eigenvalue weighted by molar-refractivity contribution is -0.123. The molecule has 2 aliphatic heterocycles.